The van der Waals surface area contributed by atoms with Crippen LogP contribution in [0.2, 0.25) is 0 Å². The van der Waals surface area contributed by atoms with Crippen molar-refractivity contribution in [1.29, 1.82) is 0 Å². The molecule has 23 heavy (non-hydrogen) atoms. The highest BCUT2D eigenvalue weighted by atomic mass is 35.5. The van der Waals surface area contributed by atoms with Crippen molar-refractivity contribution in [3.63, 3.8) is 0 Å². The number of ether oxygens (including phenoxy) is 1. The Hall–Kier alpha value is -0.0700. The lowest BCUT2D eigenvalue weighted by Crippen LogP contribution is -2.52. The van der Waals surface area contributed by atoms with Crippen molar-refractivity contribution in [2.24, 2.45) is 11.3 Å². The highest BCUT2D eigenvalue weighted by Gasteiger charge is 2.57. The Labute approximate surface area is 152 Å². The van der Waals surface area contributed by atoms with E-state index < -0.39 is 0 Å². The minimum absolute atomic E-state index is 0. The van der Waals surface area contributed by atoms with Gasteiger partial charge in [0.2, 0.25) is 5.91 Å². The van der Waals surface area contributed by atoms with Crippen LogP contribution in [-0.4, -0.2) is 62.3 Å². The van der Waals surface area contributed by atoms with Gasteiger partial charge in [0.1, 0.15) is 0 Å². The van der Waals surface area contributed by atoms with Crippen molar-refractivity contribution < 1.29 is 9.53 Å². The fourth-order valence-electron chi connectivity index (χ4n) is 3.94. The van der Waals surface area contributed by atoms with Gasteiger partial charge in [-0.1, -0.05) is 0 Å². The number of amides is 1. The van der Waals surface area contributed by atoms with Gasteiger partial charge in [-0.3, -0.25) is 9.69 Å². The molecule has 2 saturated heterocycles. The van der Waals surface area contributed by atoms with Gasteiger partial charge in [0.15, 0.2) is 0 Å². The number of halogens is 2. The second kappa shape index (κ2) is 8.86. The van der Waals surface area contributed by atoms with Crippen LogP contribution < -0.4 is 10.6 Å². The molecule has 2 aliphatic heterocycles. The van der Waals surface area contributed by atoms with E-state index in [9.17, 15) is 4.79 Å². The number of nitrogens with one attached hydrogen (secondary N) is 2. The van der Waals surface area contributed by atoms with E-state index in [0.29, 0.717) is 11.5 Å². The highest BCUT2D eigenvalue weighted by Crippen LogP contribution is 2.58. The van der Waals surface area contributed by atoms with Gasteiger partial charge in [-0.25, -0.2) is 0 Å². The summed E-state index contributed by atoms with van der Waals surface area (Å²) in [6.07, 6.45) is 3.43. The normalized spacial score (nSPS) is 28.9. The monoisotopic (exact) mass is 367 g/mol. The van der Waals surface area contributed by atoms with E-state index in [-0.39, 0.29) is 42.7 Å². The molecule has 1 amide bonds. The van der Waals surface area contributed by atoms with Crippen molar-refractivity contribution in [1.82, 2.24) is 15.5 Å². The first-order valence-electron chi connectivity index (χ1n) is 8.45. The molecule has 1 saturated carbocycles. The summed E-state index contributed by atoms with van der Waals surface area (Å²) in [5.41, 5.74) is 0.331. The summed E-state index contributed by atoms with van der Waals surface area (Å²) in [6, 6.07) is 0.579. The molecule has 1 aliphatic carbocycles. The average Bonchev–Trinajstić information content (AvgIpc) is 3.21. The molecule has 7 heteroatoms. The molecular formula is C16H31Cl2N3O2. The van der Waals surface area contributed by atoms with Crippen LogP contribution in [0.5, 0.6) is 0 Å². The van der Waals surface area contributed by atoms with Gasteiger partial charge >= 0.3 is 0 Å². The third kappa shape index (κ3) is 4.73. The van der Waals surface area contributed by atoms with E-state index >= 15 is 0 Å². The molecule has 0 radical (unpaired) electrons. The summed E-state index contributed by atoms with van der Waals surface area (Å²) < 4.78 is 5.40. The van der Waals surface area contributed by atoms with E-state index in [1.54, 1.807) is 0 Å². The fraction of sp³-hybridized carbons (Fsp3) is 0.938. The zero-order chi connectivity index (χ0) is 14.9. The minimum atomic E-state index is 0. The predicted molar refractivity (Wildman–Crippen MR) is 96.6 cm³/mol. The average molecular weight is 368 g/mol. The molecule has 3 atom stereocenters. The molecule has 5 nitrogen and oxygen atoms in total. The molecule has 3 rings (SSSR count). The first-order valence-corrected chi connectivity index (χ1v) is 8.45. The molecular weight excluding hydrogens is 337 g/mol. The maximum atomic E-state index is 12.5. The number of carbonyl (C=O) groups excluding carboxylic acids is 1. The third-order valence-corrected chi connectivity index (χ3v) is 5.82. The summed E-state index contributed by atoms with van der Waals surface area (Å²) in [7, 11) is 0. The maximum absolute atomic E-state index is 12.5. The van der Waals surface area contributed by atoms with Crippen molar-refractivity contribution >= 4 is 30.7 Å². The smallest absolute Gasteiger partial charge is 0.223 e. The fourth-order valence-corrected chi connectivity index (χ4v) is 3.94. The quantitative estimate of drug-likeness (QED) is 0.789. The van der Waals surface area contributed by atoms with E-state index in [1.165, 1.54) is 12.8 Å². The lowest BCUT2D eigenvalue weighted by Gasteiger charge is -2.36. The Morgan fingerprint density at radius 3 is 2.43 bits per heavy atom. The molecule has 0 aromatic carbocycles. The molecule has 0 aromatic rings. The molecule has 0 aromatic heterocycles. The Kier molecular flexibility index (Phi) is 8.08. The van der Waals surface area contributed by atoms with Gasteiger partial charge in [-0.05, 0) is 51.6 Å². The van der Waals surface area contributed by atoms with Crippen LogP contribution in [0.1, 0.15) is 33.1 Å². The van der Waals surface area contributed by atoms with E-state index in [2.05, 4.69) is 29.4 Å². The Morgan fingerprint density at radius 2 is 1.83 bits per heavy atom. The van der Waals surface area contributed by atoms with Crippen molar-refractivity contribution in [3.8, 4) is 0 Å². The van der Waals surface area contributed by atoms with Crippen LogP contribution in [0.15, 0.2) is 0 Å². The van der Waals surface area contributed by atoms with E-state index in [4.69, 9.17) is 4.74 Å². The van der Waals surface area contributed by atoms with Crippen LogP contribution in [0.4, 0.5) is 0 Å². The number of hydrogen-bond donors (Lipinski definition) is 2. The second-order valence-corrected chi connectivity index (χ2v) is 7.06. The SMILES string of the molecule is CC(NC(=O)C1CC12CCNCC2)C(C)N1CCOCC1.Cl.Cl. The molecule has 2 heterocycles. The zero-order valence-corrected chi connectivity index (χ0v) is 15.8. The van der Waals surface area contributed by atoms with Gasteiger partial charge in [-0.15, -0.1) is 24.8 Å². The second-order valence-electron chi connectivity index (χ2n) is 7.06. The summed E-state index contributed by atoms with van der Waals surface area (Å²) >= 11 is 0. The summed E-state index contributed by atoms with van der Waals surface area (Å²) in [5, 5.41) is 6.66. The Balaban J connectivity index is 0.00000132. The number of piperidine rings is 1. The molecule has 3 aliphatic rings. The highest BCUT2D eigenvalue weighted by molar-refractivity contribution is 5.85. The van der Waals surface area contributed by atoms with Crippen LogP contribution >= 0.6 is 24.8 Å². The first-order chi connectivity index (χ1) is 10.1. The largest absolute Gasteiger partial charge is 0.379 e. The Morgan fingerprint density at radius 1 is 1.22 bits per heavy atom. The van der Waals surface area contributed by atoms with Crippen LogP contribution in [0, 0.1) is 11.3 Å². The van der Waals surface area contributed by atoms with E-state index in [1.807, 2.05) is 0 Å². The van der Waals surface area contributed by atoms with E-state index in [0.717, 1.165) is 45.8 Å². The summed E-state index contributed by atoms with van der Waals surface area (Å²) in [4.78, 5) is 14.9. The molecule has 136 valence electrons. The number of carbonyl (C=O) groups is 1. The van der Waals surface area contributed by atoms with Gasteiger partial charge < -0.3 is 15.4 Å². The number of rotatable bonds is 4. The van der Waals surface area contributed by atoms with Crippen LogP contribution in [0.3, 0.4) is 0 Å². The van der Waals surface area contributed by atoms with Crippen molar-refractivity contribution in [2.45, 2.75) is 45.2 Å². The van der Waals surface area contributed by atoms with Gasteiger partial charge in [0.05, 0.1) is 13.2 Å². The van der Waals surface area contributed by atoms with Crippen LogP contribution in [-0.2, 0) is 9.53 Å². The van der Waals surface area contributed by atoms with Gasteiger partial charge in [0, 0.05) is 31.1 Å². The minimum Gasteiger partial charge on any atom is -0.379 e. The first kappa shape index (κ1) is 21.0. The maximum Gasteiger partial charge on any atom is 0.223 e. The zero-order valence-electron chi connectivity index (χ0n) is 14.2. The molecule has 3 unspecified atom stereocenters. The van der Waals surface area contributed by atoms with Gasteiger partial charge in [-0.2, -0.15) is 0 Å². The van der Waals surface area contributed by atoms with Crippen molar-refractivity contribution in [3.05, 3.63) is 0 Å². The van der Waals surface area contributed by atoms with Crippen LogP contribution in [0.25, 0.3) is 0 Å². The molecule has 0 bridgehead atoms. The lowest BCUT2D eigenvalue weighted by atomic mass is 9.91. The lowest BCUT2D eigenvalue weighted by molar-refractivity contribution is -0.124. The standard InChI is InChI=1S/C16H29N3O2.2ClH/c1-12(13(2)19-7-9-21-10-8-19)18-15(20)14-11-16(14)3-5-17-6-4-16;;/h12-14,17H,3-11H2,1-2H3,(H,18,20);2*1H. The molecule has 1 spiro atoms. The molecule has 2 N–H and O–H groups in total. The summed E-state index contributed by atoms with van der Waals surface area (Å²) in [6.45, 7) is 10.1. The number of nitrogens with zero attached hydrogens (tertiary/aromatic N) is 1. The van der Waals surface area contributed by atoms with Crippen molar-refractivity contribution in [2.75, 3.05) is 39.4 Å². The number of hydrogen-bond acceptors (Lipinski definition) is 4. The van der Waals surface area contributed by atoms with Gasteiger partial charge in [0.25, 0.3) is 0 Å². The summed E-state index contributed by atoms with van der Waals surface area (Å²) in [5.74, 6) is 0.545. The molecule has 3 fully saturated rings. The Bertz CT molecular complexity index is 386. The third-order valence-electron chi connectivity index (χ3n) is 5.82. The topological polar surface area (TPSA) is 53.6 Å². The predicted octanol–water partition coefficient (Wildman–Crippen LogP) is 1.45. The number of morpholine rings is 1.